The van der Waals surface area contributed by atoms with E-state index in [0.29, 0.717) is 50.5 Å². The average Bonchev–Trinajstić information content (AvgIpc) is 3.62. The number of aliphatic imine (C=N–C) groups is 1. The fourth-order valence-electron chi connectivity index (χ4n) is 6.42. The van der Waals surface area contributed by atoms with Crippen LogP contribution in [0.4, 0.5) is 9.59 Å². The molecule has 1 saturated carbocycles. The zero-order chi connectivity index (χ0) is 26.6. The monoisotopic (exact) mass is 512 g/mol. The molecule has 0 N–H and O–H groups in total. The van der Waals surface area contributed by atoms with Gasteiger partial charge in [0.25, 0.3) is 0 Å². The van der Waals surface area contributed by atoms with Crippen molar-refractivity contribution in [3.63, 3.8) is 0 Å². The van der Waals surface area contributed by atoms with E-state index in [9.17, 15) is 19.2 Å². The number of amides is 4. The van der Waals surface area contributed by atoms with Crippen molar-refractivity contribution >= 4 is 29.9 Å². The van der Waals surface area contributed by atoms with E-state index in [-0.39, 0.29) is 23.6 Å². The number of nitrogens with zero attached hydrogens (tertiary/aromatic N) is 4. The van der Waals surface area contributed by atoms with Gasteiger partial charge in [0.15, 0.2) is 0 Å². The van der Waals surface area contributed by atoms with E-state index in [1.165, 1.54) is 14.7 Å². The number of rotatable bonds is 7. The first-order valence-electron chi connectivity index (χ1n) is 13.5. The molecule has 0 aromatic rings. The van der Waals surface area contributed by atoms with Gasteiger partial charge in [-0.1, -0.05) is 13.0 Å². The fraction of sp³-hybridized carbons (Fsp3) is 0.667. The summed E-state index contributed by atoms with van der Waals surface area (Å²) < 4.78 is 11.7. The van der Waals surface area contributed by atoms with E-state index in [2.05, 4.69) is 0 Å². The van der Waals surface area contributed by atoms with Gasteiger partial charge in [0, 0.05) is 37.7 Å². The lowest BCUT2D eigenvalue weighted by Gasteiger charge is -2.49. The molecule has 200 valence electrons. The van der Waals surface area contributed by atoms with Crippen molar-refractivity contribution in [3.05, 3.63) is 23.1 Å². The quantitative estimate of drug-likeness (QED) is 0.482. The maximum atomic E-state index is 13.6. The van der Waals surface area contributed by atoms with Crippen LogP contribution in [0.2, 0.25) is 0 Å². The van der Waals surface area contributed by atoms with Crippen LogP contribution in [0.1, 0.15) is 60.3 Å². The summed E-state index contributed by atoms with van der Waals surface area (Å²) in [6.07, 6.45) is 3.79. The highest BCUT2D eigenvalue weighted by Crippen LogP contribution is 2.56. The molecule has 0 aromatic heterocycles. The normalized spacial score (nSPS) is 31.8. The topological polar surface area (TPSA) is 109 Å². The third-order valence-corrected chi connectivity index (χ3v) is 8.60. The van der Waals surface area contributed by atoms with Crippen molar-refractivity contribution in [2.45, 2.75) is 65.8 Å². The fourth-order valence-corrected chi connectivity index (χ4v) is 6.42. The van der Waals surface area contributed by atoms with Crippen LogP contribution in [0.15, 0.2) is 28.1 Å². The summed E-state index contributed by atoms with van der Waals surface area (Å²) in [7, 11) is 0. The van der Waals surface area contributed by atoms with E-state index in [0.717, 1.165) is 18.4 Å². The number of carbonyl (C=O) groups excluding carboxylic acids is 4. The van der Waals surface area contributed by atoms with Crippen LogP contribution >= 0.6 is 0 Å². The molecule has 0 spiro atoms. The van der Waals surface area contributed by atoms with Crippen LogP contribution < -0.4 is 0 Å². The lowest BCUT2D eigenvalue weighted by atomic mass is 9.61. The molecule has 0 unspecified atom stereocenters. The Morgan fingerprint density at radius 3 is 2.46 bits per heavy atom. The van der Waals surface area contributed by atoms with Gasteiger partial charge in [-0.3, -0.25) is 19.5 Å². The molecule has 4 atom stereocenters. The van der Waals surface area contributed by atoms with Crippen LogP contribution in [0.3, 0.4) is 0 Å². The van der Waals surface area contributed by atoms with Crippen molar-refractivity contribution in [1.82, 2.24) is 14.7 Å². The minimum atomic E-state index is -1.21. The molecule has 3 fully saturated rings. The summed E-state index contributed by atoms with van der Waals surface area (Å²) in [6, 6.07) is 0. The predicted molar refractivity (Wildman–Crippen MR) is 134 cm³/mol. The number of ether oxygens (including phenoxy) is 2. The van der Waals surface area contributed by atoms with Gasteiger partial charge in [0.05, 0.1) is 11.8 Å². The Bertz CT molecular complexity index is 1130. The Kier molecular flexibility index (Phi) is 6.40. The Labute approximate surface area is 217 Å². The van der Waals surface area contributed by atoms with Gasteiger partial charge < -0.3 is 14.4 Å². The molecule has 5 rings (SSSR count). The van der Waals surface area contributed by atoms with Gasteiger partial charge in [-0.15, -0.1) is 0 Å². The van der Waals surface area contributed by atoms with Gasteiger partial charge in [0.2, 0.25) is 23.6 Å². The predicted octanol–water partition coefficient (Wildman–Crippen LogP) is 3.69. The minimum Gasteiger partial charge on any atom is -0.393 e. The molecular weight excluding hydrogens is 476 g/mol. The maximum absolute atomic E-state index is 13.6. The molecule has 2 aliphatic carbocycles. The number of carbonyl (C=O) groups is 4. The first-order valence-corrected chi connectivity index (χ1v) is 13.5. The Hall–Kier alpha value is -3.17. The Morgan fingerprint density at radius 2 is 1.86 bits per heavy atom. The van der Waals surface area contributed by atoms with E-state index < -0.39 is 35.5 Å². The zero-order valence-corrected chi connectivity index (χ0v) is 22.3. The number of hydrogen-bond donors (Lipinski definition) is 0. The Morgan fingerprint density at radius 1 is 1.16 bits per heavy atom. The van der Waals surface area contributed by atoms with E-state index in [1.54, 1.807) is 6.92 Å². The number of cyclic esters (lactones) is 1. The highest BCUT2D eigenvalue weighted by Gasteiger charge is 2.68. The molecule has 3 heterocycles. The number of likely N-dealkylation sites (tertiary alicyclic amines) is 1. The lowest BCUT2D eigenvalue weighted by Crippen LogP contribution is -2.60. The molecule has 3 aliphatic heterocycles. The number of hydrogen-bond acceptors (Lipinski definition) is 7. The second-order valence-corrected chi connectivity index (χ2v) is 10.5. The molecule has 10 nitrogen and oxygen atoms in total. The minimum absolute atomic E-state index is 0.133. The third kappa shape index (κ3) is 3.70. The highest BCUT2D eigenvalue weighted by atomic mass is 16.6. The zero-order valence-electron chi connectivity index (χ0n) is 22.3. The summed E-state index contributed by atoms with van der Waals surface area (Å²) in [5.74, 6) is -1.29. The molecule has 4 amide bonds. The molecule has 10 heteroatoms. The van der Waals surface area contributed by atoms with Gasteiger partial charge >= 0.3 is 12.2 Å². The van der Waals surface area contributed by atoms with Crippen LogP contribution in [0.5, 0.6) is 0 Å². The average molecular weight is 513 g/mol. The van der Waals surface area contributed by atoms with Crippen molar-refractivity contribution in [3.8, 4) is 0 Å². The molecular formula is C27H36N4O6. The summed E-state index contributed by atoms with van der Waals surface area (Å²) in [6.45, 7) is 11.0. The molecule has 5 aliphatic rings. The SMILES string of the molecule is CCC1=C(OC(=O)N(CC)CC)N2C(=O)OC(=NCC3CC3)[C@]2(C)[C@H]2C1=CC[C@H]1C(=O)N(CC)C(=O)[C@H]12. The number of allylic oxidation sites excluding steroid dienone is 2. The van der Waals surface area contributed by atoms with Crippen molar-refractivity contribution in [1.29, 1.82) is 0 Å². The highest BCUT2D eigenvalue weighted by molar-refractivity contribution is 6.09. The largest absolute Gasteiger partial charge is 0.424 e. The van der Waals surface area contributed by atoms with Crippen LogP contribution in [0.25, 0.3) is 0 Å². The summed E-state index contributed by atoms with van der Waals surface area (Å²) >= 11 is 0. The second-order valence-electron chi connectivity index (χ2n) is 10.5. The first-order chi connectivity index (χ1) is 17.7. The Balaban J connectivity index is 1.68. The van der Waals surface area contributed by atoms with Crippen LogP contribution in [-0.4, -0.2) is 76.3 Å². The first kappa shape index (κ1) is 25.5. The molecule has 0 aromatic carbocycles. The standard InChI is InChI=1S/C27H36N4O6/c1-6-16-17-12-13-18-19(22(33)30(9-4)21(18)32)20(17)27(5)24(28-14-15-10-11-15)37-26(35)31(27)23(16)36-25(34)29(7-2)8-3/h12,15,18-20H,6-11,13-14H2,1-5H3/t18-,19-,20+,27+/m1/s1. The van der Waals surface area contributed by atoms with Gasteiger partial charge in [-0.25, -0.2) is 14.5 Å². The maximum Gasteiger partial charge on any atom is 0.424 e. The molecule has 37 heavy (non-hydrogen) atoms. The number of fused-ring (bicyclic) bond motifs is 5. The van der Waals surface area contributed by atoms with Gasteiger partial charge in [-0.05, 0) is 64.9 Å². The third-order valence-electron chi connectivity index (χ3n) is 8.60. The molecule has 2 saturated heterocycles. The second kappa shape index (κ2) is 9.29. The van der Waals surface area contributed by atoms with Crippen molar-refractivity contribution < 1.29 is 28.7 Å². The summed E-state index contributed by atoms with van der Waals surface area (Å²) in [5, 5.41) is 0. The lowest BCUT2D eigenvalue weighted by molar-refractivity contribution is -0.140. The molecule has 0 bridgehead atoms. The van der Waals surface area contributed by atoms with E-state index in [4.69, 9.17) is 14.5 Å². The smallest absolute Gasteiger partial charge is 0.393 e. The van der Waals surface area contributed by atoms with Gasteiger partial charge in [-0.2, -0.15) is 0 Å². The van der Waals surface area contributed by atoms with Crippen molar-refractivity contribution in [2.75, 3.05) is 26.2 Å². The van der Waals surface area contributed by atoms with Crippen molar-refractivity contribution in [2.24, 2.45) is 28.7 Å². The number of imide groups is 1. The summed E-state index contributed by atoms with van der Waals surface area (Å²) in [4.78, 5) is 62.4. The van der Waals surface area contributed by atoms with E-state index >= 15 is 0 Å². The van der Waals surface area contributed by atoms with Gasteiger partial charge in [0.1, 0.15) is 5.54 Å². The van der Waals surface area contributed by atoms with Crippen LogP contribution in [0, 0.1) is 23.7 Å². The van der Waals surface area contributed by atoms with E-state index in [1.807, 2.05) is 33.8 Å². The molecule has 0 radical (unpaired) electrons. The van der Waals surface area contributed by atoms with Crippen LogP contribution in [-0.2, 0) is 19.1 Å². The summed E-state index contributed by atoms with van der Waals surface area (Å²) in [5.41, 5.74) is 0.302.